The number of fused-ring (bicyclic) bond motifs is 1. The van der Waals surface area contributed by atoms with Gasteiger partial charge in [0.05, 0.1) is 17.6 Å². The summed E-state index contributed by atoms with van der Waals surface area (Å²) in [4.78, 5) is 33.9. The third-order valence-corrected chi connectivity index (χ3v) is 9.82. The molecule has 1 aliphatic carbocycles. The van der Waals surface area contributed by atoms with E-state index in [1.165, 1.54) is 0 Å². The molecule has 7 nitrogen and oxygen atoms in total. The number of amides is 2. The molecule has 3 heterocycles. The van der Waals surface area contributed by atoms with Crippen LogP contribution < -0.4 is 5.32 Å². The van der Waals surface area contributed by atoms with Gasteiger partial charge in [-0.3, -0.25) is 9.59 Å². The Morgan fingerprint density at radius 3 is 2.61 bits per heavy atom. The predicted molar refractivity (Wildman–Crippen MR) is 155 cm³/mol. The first-order chi connectivity index (χ1) is 18.3. The fourth-order valence-electron chi connectivity index (χ4n) is 6.59. The number of nitrogens with one attached hydrogen (secondary N) is 1. The summed E-state index contributed by atoms with van der Waals surface area (Å²) in [6, 6.07) is 9.18. The highest BCUT2D eigenvalue weighted by Crippen LogP contribution is 2.38. The molecule has 2 aliphatic heterocycles. The zero-order chi connectivity index (χ0) is 27.0. The summed E-state index contributed by atoms with van der Waals surface area (Å²) in [5, 5.41) is 4.04. The molecule has 0 bridgehead atoms. The minimum atomic E-state index is -0.426. The SMILES string of the molecule is COC1CC(N2CCC([C@@H](C)n3c(C)c(C(=O)NCC4C(=O)N=C(C)C=C4SC)c4ccccc43)CC2)C1. The number of thioether (sulfide) groups is 1. The zero-order valence-electron chi connectivity index (χ0n) is 23.2. The van der Waals surface area contributed by atoms with Crippen LogP contribution in [0.2, 0.25) is 0 Å². The fourth-order valence-corrected chi connectivity index (χ4v) is 7.35. The van der Waals surface area contributed by atoms with E-state index in [0.29, 0.717) is 35.4 Å². The van der Waals surface area contributed by atoms with Crippen LogP contribution in [0.1, 0.15) is 61.6 Å². The highest BCUT2D eigenvalue weighted by molar-refractivity contribution is 8.02. The highest BCUT2D eigenvalue weighted by Gasteiger charge is 2.37. The van der Waals surface area contributed by atoms with Gasteiger partial charge in [-0.05, 0) is 83.9 Å². The molecule has 1 N–H and O–H groups in total. The molecule has 2 aromatic rings. The molecule has 5 rings (SSSR count). The number of piperidine rings is 1. The van der Waals surface area contributed by atoms with Crippen LogP contribution in [0.15, 0.2) is 40.2 Å². The van der Waals surface area contributed by atoms with E-state index in [-0.39, 0.29) is 18.4 Å². The van der Waals surface area contributed by atoms with Gasteiger partial charge in [0.25, 0.3) is 11.8 Å². The zero-order valence-corrected chi connectivity index (χ0v) is 24.0. The molecule has 2 fully saturated rings. The van der Waals surface area contributed by atoms with Gasteiger partial charge in [-0.25, -0.2) is 4.99 Å². The summed E-state index contributed by atoms with van der Waals surface area (Å²) >= 11 is 1.54. The highest BCUT2D eigenvalue weighted by atomic mass is 32.2. The smallest absolute Gasteiger partial charge is 0.255 e. The van der Waals surface area contributed by atoms with Gasteiger partial charge in [-0.1, -0.05) is 18.2 Å². The standard InChI is InChI=1S/C30H40N4O3S/c1-18-14-27(38-5)25(29(35)32-18)17-31-30(36)28-20(3)34(26-9-7-6-8-24(26)28)19(2)21-10-12-33(13-11-21)22-15-23(16-22)37-4/h6-9,14,19,21-23,25H,10-13,15-17H2,1-5H3,(H,31,36)/t19-,22?,23?,25?/m1/s1. The molecule has 0 spiro atoms. The molecular weight excluding hydrogens is 496 g/mol. The van der Waals surface area contributed by atoms with E-state index in [1.54, 1.807) is 11.8 Å². The number of carbonyl (C=O) groups is 2. The summed E-state index contributed by atoms with van der Waals surface area (Å²) in [7, 11) is 1.82. The van der Waals surface area contributed by atoms with E-state index in [1.807, 2.05) is 38.5 Å². The summed E-state index contributed by atoms with van der Waals surface area (Å²) in [5.74, 6) is -0.180. The van der Waals surface area contributed by atoms with Gasteiger partial charge < -0.3 is 19.5 Å². The third-order valence-electron chi connectivity index (χ3n) is 8.95. The van der Waals surface area contributed by atoms with Crippen LogP contribution in [-0.4, -0.2) is 72.1 Å². The maximum absolute atomic E-state index is 13.6. The number of rotatable bonds is 8. The Bertz CT molecular complexity index is 1270. The van der Waals surface area contributed by atoms with Gasteiger partial charge in [-0.15, -0.1) is 11.8 Å². The third kappa shape index (κ3) is 5.10. The van der Waals surface area contributed by atoms with Gasteiger partial charge in [0.2, 0.25) is 0 Å². The maximum Gasteiger partial charge on any atom is 0.255 e. The largest absolute Gasteiger partial charge is 0.381 e. The van der Waals surface area contributed by atoms with Crippen molar-refractivity contribution >= 4 is 40.2 Å². The molecule has 1 aromatic heterocycles. The van der Waals surface area contributed by atoms with Gasteiger partial charge >= 0.3 is 0 Å². The summed E-state index contributed by atoms with van der Waals surface area (Å²) < 4.78 is 7.86. The lowest BCUT2D eigenvalue weighted by atomic mass is 9.83. The van der Waals surface area contributed by atoms with Crippen LogP contribution in [0.4, 0.5) is 0 Å². The van der Waals surface area contributed by atoms with Crippen molar-refractivity contribution < 1.29 is 14.3 Å². The van der Waals surface area contributed by atoms with E-state index in [2.05, 4.69) is 45.8 Å². The first-order valence-corrected chi connectivity index (χ1v) is 15.0. The average Bonchev–Trinajstić information content (AvgIpc) is 3.18. The Morgan fingerprint density at radius 1 is 1.21 bits per heavy atom. The average molecular weight is 537 g/mol. The number of likely N-dealkylation sites (tertiary alicyclic amines) is 1. The number of benzene rings is 1. The number of allylic oxidation sites excluding steroid dienone is 1. The number of para-hydroxylation sites is 1. The number of carbonyl (C=O) groups excluding carboxylic acids is 2. The Morgan fingerprint density at radius 2 is 1.92 bits per heavy atom. The van der Waals surface area contributed by atoms with Crippen LogP contribution >= 0.6 is 11.8 Å². The molecule has 3 aliphatic rings. The Labute approximate surface area is 230 Å². The molecule has 1 aromatic carbocycles. The first kappa shape index (κ1) is 27.2. The number of aromatic nitrogens is 1. The van der Waals surface area contributed by atoms with Crippen LogP contribution in [-0.2, 0) is 9.53 Å². The van der Waals surface area contributed by atoms with Crippen molar-refractivity contribution in [1.29, 1.82) is 0 Å². The lowest BCUT2D eigenvalue weighted by Gasteiger charge is -2.46. The van der Waals surface area contributed by atoms with Gasteiger partial charge in [0.15, 0.2) is 0 Å². The van der Waals surface area contributed by atoms with E-state index >= 15 is 0 Å². The number of methoxy groups -OCH3 is 1. The van der Waals surface area contributed by atoms with Crippen LogP contribution in [0.3, 0.4) is 0 Å². The summed E-state index contributed by atoms with van der Waals surface area (Å²) in [5.41, 5.74) is 3.52. The first-order valence-electron chi connectivity index (χ1n) is 13.8. The van der Waals surface area contributed by atoms with Crippen molar-refractivity contribution in [3.63, 3.8) is 0 Å². The minimum absolute atomic E-state index is 0.128. The van der Waals surface area contributed by atoms with Crippen molar-refractivity contribution in [3.8, 4) is 0 Å². The molecule has 2 amide bonds. The van der Waals surface area contributed by atoms with Crippen molar-refractivity contribution in [1.82, 2.24) is 14.8 Å². The van der Waals surface area contributed by atoms with Crippen LogP contribution in [0, 0.1) is 18.8 Å². The van der Waals surface area contributed by atoms with E-state index in [9.17, 15) is 9.59 Å². The number of aliphatic imine (C=N–C) groups is 1. The molecule has 2 atom stereocenters. The second kappa shape index (κ2) is 11.4. The van der Waals surface area contributed by atoms with Gasteiger partial charge in [0.1, 0.15) is 0 Å². The van der Waals surface area contributed by atoms with Gasteiger partial charge in [-0.2, -0.15) is 0 Å². The minimum Gasteiger partial charge on any atom is -0.381 e. The van der Waals surface area contributed by atoms with Crippen molar-refractivity contribution in [2.75, 3.05) is 33.0 Å². The molecule has 1 saturated carbocycles. The number of hydrogen-bond donors (Lipinski definition) is 1. The lowest BCUT2D eigenvalue weighted by molar-refractivity contribution is -0.120. The molecular formula is C30H40N4O3S. The van der Waals surface area contributed by atoms with E-state index in [0.717, 1.165) is 60.3 Å². The Hall–Kier alpha value is -2.42. The molecule has 1 unspecified atom stereocenters. The van der Waals surface area contributed by atoms with Crippen LogP contribution in [0.5, 0.6) is 0 Å². The molecule has 38 heavy (non-hydrogen) atoms. The summed E-state index contributed by atoms with van der Waals surface area (Å²) in [6.07, 6.45) is 8.97. The van der Waals surface area contributed by atoms with Crippen molar-refractivity contribution in [2.45, 2.75) is 64.6 Å². The molecule has 1 saturated heterocycles. The topological polar surface area (TPSA) is 75.9 Å². The Kier molecular flexibility index (Phi) is 8.12. The molecule has 8 heteroatoms. The molecule has 0 radical (unpaired) electrons. The quantitative estimate of drug-likeness (QED) is 0.514. The van der Waals surface area contributed by atoms with E-state index in [4.69, 9.17) is 4.74 Å². The molecule has 204 valence electrons. The predicted octanol–water partition coefficient (Wildman–Crippen LogP) is 4.99. The number of hydrogen-bond acceptors (Lipinski definition) is 5. The second-order valence-electron chi connectivity index (χ2n) is 11.0. The fraction of sp³-hybridized carbons (Fsp3) is 0.567. The number of nitrogens with zero attached hydrogens (tertiary/aromatic N) is 3. The van der Waals surface area contributed by atoms with Crippen molar-refractivity contribution in [3.05, 3.63) is 46.5 Å². The van der Waals surface area contributed by atoms with Crippen molar-refractivity contribution in [2.24, 2.45) is 16.8 Å². The normalized spacial score (nSPS) is 25.6. The number of ether oxygens (including phenoxy) is 1. The second-order valence-corrected chi connectivity index (χ2v) is 11.9. The monoisotopic (exact) mass is 536 g/mol. The summed E-state index contributed by atoms with van der Waals surface area (Å²) in [6.45, 7) is 8.71. The van der Waals surface area contributed by atoms with E-state index < -0.39 is 5.92 Å². The lowest BCUT2D eigenvalue weighted by Crippen LogP contribution is -2.51. The Balaban J connectivity index is 1.32. The maximum atomic E-state index is 13.6. The van der Waals surface area contributed by atoms with Crippen LogP contribution in [0.25, 0.3) is 10.9 Å². The van der Waals surface area contributed by atoms with Gasteiger partial charge in [0, 0.05) is 53.0 Å². The number of dihydropyridines is 1.